The summed E-state index contributed by atoms with van der Waals surface area (Å²) in [6.45, 7) is -0.937. The largest absolute Gasteiger partial charge is 0.471 e. The Hall–Kier alpha value is -2.85. The number of carboxylic acid groups (broad SMARTS) is 1. The van der Waals surface area contributed by atoms with E-state index in [0.717, 1.165) is 4.90 Å². The molecule has 0 atom stereocenters. The van der Waals surface area contributed by atoms with E-state index in [2.05, 4.69) is 10.3 Å². The second-order valence-electron chi connectivity index (χ2n) is 5.69. The molecule has 1 aromatic rings. The van der Waals surface area contributed by atoms with E-state index in [1.54, 1.807) is 12.1 Å². The fourth-order valence-corrected chi connectivity index (χ4v) is 2.69. The highest BCUT2D eigenvalue weighted by molar-refractivity contribution is 5.93. The molecule has 0 radical (unpaired) electrons. The van der Waals surface area contributed by atoms with Crippen LogP contribution < -0.4 is 5.32 Å². The summed E-state index contributed by atoms with van der Waals surface area (Å²) in [7, 11) is 0. The van der Waals surface area contributed by atoms with E-state index in [-0.39, 0.29) is 31.7 Å². The minimum atomic E-state index is -4.96. The summed E-state index contributed by atoms with van der Waals surface area (Å²) in [5.41, 5.74) is 0. The average molecular weight is 374 g/mol. The Bertz CT molecular complexity index is 661. The van der Waals surface area contributed by atoms with Crippen molar-refractivity contribution in [2.24, 2.45) is 0 Å². The number of piperidine rings is 1. The number of aromatic nitrogens is 1. The number of carbonyl (C=O) groups is 3. The highest BCUT2D eigenvalue weighted by Gasteiger charge is 2.44. The van der Waals surface area contributed by atoms with Crippen LogP contribution in [0.3, 0.4) is 0 Å². The second-order valence-corrected chi connectivity index (χ2v) is 5.69. The highest BCUT2D eigenvalue weighted by Crippen LogP contribution is 2.23. The third kappa shape index (κ3) is 5.07. The molecule has 1 fully saturated rings. The third-order valence-corrected chi connectivity index (χ3v) is 3.93. The Labute approximate surface area is 146 Å². The topological polar surface area (TPSA) is 103 Å². The summed E-state index contributed by atoms with van der Waals surface area (Å²) in [5.74, 6) is -2.29. The number of nitrogens with zero attached hydrogens (tertiary/aromatic N) is 3. The molecule has 142 valence electrons. The van der Waals surface area contributed by atoms with Gasteiger partial charge in [0.25, 0.3) is 0 Å². The Morgan fingerprint density at radius 2 is 1.92 bits per heavy atom. The van der Waals surface area contributed by atoms with E-state index < -0.39 is 36.7 Å². The molecule has 26 heavy (non-hydrogen) atoms. The summed E-state index contributed by atoms with van der Waals surface area (Å²) >= 11 is 0. The van der Waals surface area contributed by atoms with E-state index in [0.29, 0.717) is 4.90 Å². The van der Waals surface area contributed by atoms with Gasteiger partial charge in [0.05, 0.1) is 0 Å². The van der Waals surface area contributed by atoms with Crippen molar-refractivity contribution in [1.82, 2.24) is 14.8 Å². The molecule has 0 aliphatic carbocycles. The number of nitrogens with one attached hydrogen (secondary N) is 1. The molecule has 0 bridgehead atoms. The van der Waals surface area contributed by atoms with Crippen LogP contribution in [0.5, 0.6) is 0 Å². The zero-order valence-electron chi connectivity index (χ0n) is 13.6. The Morgan fingerprint density at radius 1 is 1.27 bits per heavy atom. The lowest BCUT2D eigenvalue weighted by molar-refractivity contribution is -0.186. The van der Waals surface area contributed by atoms with E-state index in [4.69, 9.17) is 0 Å². The number of pyridine rings is 1. The molecule has 0 saturated carbocycles. The lowest BCUT2D eigenvalue weighted by Crippen LogP contribution is -2.52. The maximum atomic E-state index is 12.4. The van der Waals surface area contributed by atoms with Gasteiger partial charge in [-0.05, 0) is 25.0 Å². The molecule has 8 nitrogen and oxygen atoms in total. The number of amides is 3. The lowest BCUT2D eigenvalue weighted by Gasteiger charge is -2.37. The van der Waals surface area contributed by atoms with Gasteiger partial charge in [0.15, 0.2) is 0 Å². The fourth-order valence-electron chi connectivity index (χ4n) is 2.69. The van der Waals surface area contributed by atoms with Gasteiger partial charge in [-0.3, -0.25) is 14.5 Å². The SMILES string of the molecule is O=C(CN(C(=O)O)C1CCN(C(=O)C(F)(F)F)CC1)Nc1ccccn1. The predicted octanol–water partition coefficient (Wildman–Crippen LogP) is 1.55. The normalized spacial score (nSPS) is 15.4. The fraction of sp³-hybridized carbons (Fsp3) is 0.467. The van der Waals surface area contributed by atoms with Crippen molar-refractivity contribution in [2.45, 2.75) is 25.1 Å². The lowest BCUT2D eigenvalue weighted by atomic mass is 10.0. The van der Waals surface area contributed by atoms with Gasteiger partial charge in [-0.15, -0.1) is 0 Å². The van der Waals surface area contributed by atoms with Crippen LogP contribution in [0.2, 0.25) is 0 Å². The standard InChI is InChI=1S/C15H17F3N4O4/c16-15(17,18)13(24)21-7-4-10(5-8-21)22(14(25)26)9-12(23)20-11-3-1-2-6-19-11/h1-3,6,10H,4-5,7-9H2,(H,25,26)(H,19,20,23). The molecule has 1 aliphatic heterocycles. The van der Waals surface area contributed by atoms with Gasteiger partial charge in [-0.2, -0.15) is 13.2 Å². The van der Waals surface area contributed by atoms with Crippen molar-refractivity contribution in [3.05, 3.63) is 24.4 Å². The molecule has 0 unspecified atom stereocenters. The molecule has 2 N–H and O–H groups in total. The zero-order valence-corrected chi connectivity index (χ0v) is 13.6. The van der Waals surface area contributed by atoms with Gasteiger partial charge in [0.1, 0.15) is 12.4 Å². The summed E-state index contributed by atoms with van der Waals surface area (Å²) < 4.78 is 37.3. The Morgan fingerprint density at radius 3 is 2.42 bits per heavy atom. The first-order chi connectivity index (χ1) is 12.2. The van der Waals surface area contributed by atoms with Crippen LogP contribution in [0.4, 0.5) is 23.8 Å². The molecule has 1 aromatic heterocycles. The van der Waals surface area contributed by atoms with Crippen LogP contribution >= 0.6 is 0 Å². The number of rotatable bonds is 4. The maximum Gasteiger partial charge on any atom is 0.471 e. The first-order valence-electron chi connectivity index (χ1n) is 7.75. The number of alkyl halides is 3. The van der Waals surface area contributed by atoms with Crippen molar-refractivity contribution in [3.8, 4) is 0 Å². The minimum absolute atomic E-state index is 0.0188. The summed E-state index contributed by atoms with van der Waals surface area (Å²) in [4.78, 5) is 40.0. The number of anilines is 1. The quantitative estimate of drug-likeness (QED) is 0.833. The van der Waals surface area contributed by atoms with E-state index >= 15 is 0 Å². The number of hydrogen-bond donors (Lipinski definition) is 2. The number of likely N-dealkylation sites (tertiary alicyclic amines) is 1. The number of hydrogen-bond acceptors (Lipinski definition) is 4. The van der Waals surface area contributed by atoms with Crippen molar-refractivity contribution in [1.29, 1.82) is 0 Å². The van der Waals surface area contributed by atoms with Crippen LogP contribution in [-0.4, -0.2) is 69.7 Å². The molecule has 1 saturated heterocycles. The van der Waals surface area contributed by atoms with Crippen molar-refractivity contribution in [3.63, 3.8) is 0 Å². The van der Waals surface area contributed by atoms with Crippen LogP contribution in [0.25, 0.3) is 0 Å². The molecular weight excluding hydrogens is 357 g/mol. The van der Waals surface area contributed by atoms with Gasteiger partial charge >= 0.3 is 18.2 Å². The first kappa shape index (κ1) is 19.5. The molecule has 0 spiro atoms. The molecule has 2 heterocycles. The van der Waals surface area contributed by atoms with Crippen molar-refractivity contribution >= 4 is 23.7 Å². The smallest absolute Gasteiger partial charge is 0.465 e. The van der Waals surface area contributed by atoms with Crippen LogP contribution in [0.1, 0.15) is 12.8 Å². The maximum absolute atomic E-state index is 12.4. The summed E-state index contributed by atoms with van der Waals surface area (Å²) in [6, 6.07) is 4.17. The van der Waals surface area contributed by atoms with Crippen LogP contribution in [0.15, 0.2) is 24.4 Å². The number of halogens is 3. The molecule has 11 heteroatoms. The summed E-state index contributed by atoms with van der Waals surface area (Å²) in [5, 5.41) is 11.8. The molecule has 1 aliphatic rings. The molecule has 2 rings (SSSR count). The van der Waals surface area contributed by atoms with Gasteiger partial charge in [0, 0.05) is 25.3 Å². The Balaban J connectivity index is 1.93. The highest BCUT2D eigenvalue weighted by atomic mass is 19.4. The van der Waals surface area contributed by atoms with E-state index in [1.165, 1.54) is 12.3 Å². The minimum Gasteiger partial charge on any atom is -0.465 e. The predicted molar refractivity (Wildman–Crippen MR) is 83.3 cm³/mol. The average Bonchev–Trinajstić information content (AvgIpc) is 2.59. The third-order valence-electron chi connectivity index (χ3n) is 3.93. The van der Waals surface area contributed by atoms with Gasteiger partial charge in [0.2, 0.25) is 5.91 Å². The van der Waals surface area contributed by atoms with Crippen molar-refractivity contribution in [2.75, 3.05) is 25.0 Å². The second kappa shape index (κ2) is 8.02. The molecular formula is C15H17F3N4O4. The molecule has 0 aromatic carbocycles. The summed E-state index contributed by atoms with van der Waals surface area (Å²) in [6.07, 6.45) is -4.82. The monoisotopic (exact) mass is 374 g/mol. The van der Waals surface area contributed by atoms with Gasteiger partial charge < -0.3 is 15.3 Å². The van der Waals surface area contributed by atoms with E-state index in [9.17, 15) is 32.7 Å². The number of carbonyl (C=O) groups excluding carboxylic acids is 2. The van der Waals surface area contributed by atoms with E-state index in [1.807, 2.05) is 0 Å². The van der Waals surface area contributed by atoms with Crippen molar-refractivity contribution < 1.29 is 32.7 Å². The zero-order chi connectivity index (χ0) is 19.3. The van der Waals surface area contributed by atoms with Crippen LogP contribution in [-0.2, 0) is 9.59 Å². The Kier molecular flexibility index (Phi) is 6.01. The van der Waals surface area contributed by atoms with Gasteiger partial charge in [-0.1, -0.05) is 6.07 Å². The van der Waals surface area contributed by atoms with Gasteiger partial charge in [-0.25, -0.2) is 9.78 Å². The first-order valence-corrected chi connectivity index (χ1v) is 7.75. The molecule has 3 amide bonds. The van der Waals surface area contributed by atoms with Crippen LogP contribution in [0, 0.1) is 0 Å².